The summed E-state index contributed by atoms with van der Waals surface area (Å²) < 4.78 is 0. The van der Waals surface area contributed by atoms with Gasteiger partial charge in [-0.2, -0.15) is 11.8 Å². The Morgan fingerprint density at radius 1 is 1.00 bits per heavy atom. The second kappa shape index (κ2) is 3.80. The summed E-state index contributed by atoms with van der Waals surface area (Å²) in [6.07, 6.45) is 0. The van der Waals surface area contributed by atoms with E-state index in [2.05, 4.69) is 26.8 Å². The molecule has 0 saturated heterocycles. The van der Waals surface area contributed by atoms with Crippen LogP contribution in [-0.2, 0) is 15.0 Å². The summed E-state index contributed by atoms with van der Waals surface area (Å²) in [5.41, 5.74) is 0. The predicted molar refractivity (Wildman–Crippen MR) is 11.6 cm³/mol. The van der Waals surface area contributed by atoms with Crippen molar-refractivity contribution in [1.82, 2.24) is 0 Å². The van der Waals surface area contributed by atoms with Gasteiger partial charge in [-0.3, -0.25) is 0 Å². The Bertz CT molecular complexity index is 12.4. The van der Waals surface area contributed by atoms with E-state index in [0.717, 1.165) is 0 Å². The van der Waals surface area contributed by atoms with E-state index in [1.807, 2.05) is 0 Å². The van der Waals surface area contributed by atoms with Crippen LogP contribution in [0.15, 0.2) is 0 Å². The van der Waals surface area contributed by atoms with Gasteiger partial charge in [0, 0.05) is 0 Å². The molecule has 0 amide bonds. The summed E-state index contributed by atoms with van der Waals surface area (Å²) in [6.45, 7) is 0. The molecule has 0 spiro atoms. The normalized spacial score (nSPS) is 8.40. The molecule has 5 heteroatoms. The lowest BCUT2D eigenvalue weighted by molar-refractivity contribution is -0.520. The summed E-state index contributed by atoms with van der Waals surface area (Å²) >= 11 is 0. The third kappa shape index (κ3) is 3.80. The van der Waals surface area contributed by atoms with Crippen LogP contribution in [0, 0.1) is 0 Å². The van der Waals surface area contributed by atoms with E-state index in [4.69, 9.17) is 0 Å². The second-order valence-electron chi connectivity index (χ2n) is 0.260. The highest BCUT2D eigenvalue weighted by Crippen LogP contribution is 1.55. The van der Waals surface area contributed by atoms with Crippen molar-refractivity contribution < 1.29 is 15.0 Å². The molecule has 4 N–H and O–H groups in total. The Balaban J connectivity index is 2.19. The lowest BCUT2D eigenvalue weighted by Gasteiger charge is -1.83. The van der Waals surface area contributed by atoms with E-state index in [0.29, 0.717) is 0 Å². The standard InChI is InChI=1S/H4N2O3/c1-3-5-4-2/h1-2H2. The van der Waals surface area contributed by atoms with Crippen LogP contribution in [0.5, 0.6) is 0 Å². The van der Waals surface area contributed by atoms with Gasteiger partial charge < -0.3 is 0 Å². The van der Waals surface area contributed by atoms with Crippen molar-refractivity contribution in [3.05, 3.63) is 0 Å². The molecule has 0 aromatic rings. The molecule has 0 aliphatic carbocycles. The highest BCUT2D eigenvalue weighted by molar-refractivity contribution is 3.16. The molecule has 0 unspecified atom stereocenters. The van der Waals surface area contributed by atoms with Gasteiger partial charge in [0.15, 0.2) is 0 Å². The van der Waals surface area contributed by atoms with Gasteiger partial charge in [-0.25, -0.2) is 0 Å². The predicted octanol–water partition coefficient (Wildman–Crippen LogP) is -1.39. The van der Waals surface area contributed by atoms with Gasteiger partial charge in [-0.05, 0) is 5.04 Å². The molecular formula is H4N2O3. The highest BCUT2D eigenvalue weighted by Gasteiger charge is 1.64. The van der Waals surface area contributed by atoms with Crippen LogP contribution >= 0.6 is 0 Å². The minimum atomic E-state index is 3.34. The van der Waals surface area contributed by atoms with Crippen LogP contribution in [0.3, 0.4) is 0 Å². The molecule has 0 bridgehead atoms. The van der Waals surface area contributed by atoms with E-state index in [1.165, 1.54) is 0 Å². The van der Waals surface area contributed by atoms with Gasteiger partial charge in [0.1, 0.15) is 0 Å². The maximum absolute atomic E-state index is 4.21. The lowest BCUT2D eigenvalue weighted by Crippen LogP contribution is -2.05. The van der Waals surface area contributed by atoms with Gasteiger partial charge in [0.05, 0.1) is 0 Å². The van der Waals surface area contributed by atoms with Crippen molar-refractivity contribution in [2.45, 2.75) is 0 Å². The highest BCUT2D eigenvalue weighted by atomic mass is 17.6. The summed E-state index contributed by atoms with van der Waals surface area (Å²) in [4.78, 5) is 6.69. The van der Waals surface area contributed by atoms with Crippen molar-refractivity contribution in [2.75, 3.05) is 0 Å². The molecule has 0 aliphatic rings. The number of hydrogen-bond acceptors (Lipinski definition) is 5. The Morgan fingerprint density at radius 2 is 1.40 bits per heavy atom. The third-order valence-electron chi connectivity index (χ3n) is 0.0786. The van der Waals surface area contributed by atoms with Gasteiger partial charge in [-0.1, -0.05) is 0 Å². The fourth-order valence-electron chi connectivity index (χ4n) is 0.0227. The zero-order valence-electron chi connectivity index (χ0n) is 2.38. The van der Waals surface area contributed by atoms with Gasteiger partial charge >= 0.3 is 0 Å². The van der Waals surface area contributed by atoms with Crippen molar-refractivity contribution in [3.63, 3.8) is 0 Å². The minimum absolute atomic E-state index is 3.34. The monoisotopic (exact) mass is 80.0 g/mol. The molecule has 32 valence electrons. The average Bonchev–Trinajstić information content (AvgIpc) is 1.41. The summed E-state index contributed by atoms with van der Waals surface area (Å²) in [6, 6.07) is 0. The first-order chi connectivity index (χ1) is 2.41. The molecule has 0 heterocycles. The van der Waals surface area contributed by atoms with E-state index in [1.54, 1.807) is 0 Å². The Labute approximate surface area is 28.2 Å². The van der Waals surface area contributed by atoms with Crippen molar-refractivity contribution in [3.8, 4) is 0 Å². The van der Waals surface area contributed by atoms with Gasteiger partial charge in [0.25, 0.3) is 0 Å². The molecule has 5 heavy (non-hydrogen) atoms. The number of nitrogens with two attached hydrogens (primary N) is 2. The quantitative estimate of drug-likeness (QED) is 0.315. The van der Waals surface area contributed by atoms with Crippen LogP contribution in [0.4, 0.5) is 0 Å². The minimum Gasteiger partial charge on any atom is -0.180 e. The first-order valence-corrected chi connectivity index (χ1v) is 0.805. The maximum atomic E-state index is 4.21. The molecule has 0 saturated carbocycles. The third-order valence-corrected chi connectivity index (χ3v) is 0.0786. The maximum Gasteiger partial charge on any atom is -0.0301 e. The molecule has 0 rings (SSSR count). The van der Waals surface area contributed by atoms with Crippen molar-refractivity contribution in [2.24, 2.45) is 11.8 Å². The zero-order valence-corrected chi connectivity index (χ0v) is 2.38. The van der Waals surface area contributed by atoms with Crippen molar-refractivity contribution in [1.29, 1.82) is 0 Å². The fourth-order valence-corrected chi connectivity index (χ4v) is 0.0227. The fraction of sp³-hybridized carbons (Fsp3) is 0. The summed E-state index contributed by atoms with van der Waals surface area (Å²) in [5, 5.41) is 3.39. The van der Waals surface area contributed by atoms with Gasteiger partial charge in [-0.15, -0.1) is 9.98 Å². The molecule has 0 fully saturated rings. The Morgan fingerprint density at radius 3 is 1.40 bits per heavy atom. The summed E-state index contributed by atoms with van der Waals surface area (Å²) in [7, 11) is 0. The SMILES string of the molecule is NOOON. The molecule has 5 nitrogen and oxygen atoms in total. The average molecular weight is 80.0 g/mol. The lowest BCUT2D eigenvalue weighted by atomic mass is 13.4. The zero-order chi connectivity index (χ0) is 4.12. The molecule has 0 aliphatic heterocycles. The molecule has 0 aromatic carbocycles. The van der Waals surface area contributed by atoms with Crippen LogP contribution in [0.2, 0.25) is 0 Å². The molecular weight excluding hydrogens is 76.0 g/mol. The molecule has 0 radical (unpaired) electrons. The van der Waals surface area contributed by atoms with Crippen LogP contribution in [-0.4, -0.2) is 0 Å². The topological polar surface area (TPSA) is 79.7 Å². The van der Waals surface area contributed by atoms with E-state index in [-0.39, 0.29) is 0 Å². The Kier molecular flexibility index (Phi) is 3.65. The molecule has 0 atom stereocenters. The van der Waals surface area contributed by atoms with E-state index < -0.39 is 0 Å². The first kappa shape index (κ1) is 4.80. The smallest absolute Gasteiger partial charge is 0.0301 e. The van der Waals surface area contributed by atoms with Crippen LogP contribution in [0.25, 0.3) is 0 Å². The van der Waals surface area contributed by atoms with Crippen molar-refractivity contribution >= 4 is 0 Å². The van der Waals surface area contributed by atoms with Crippen LogP contribution < -0.4 is 11.8 Å². The van der Waals surface area contributed by atoms with Gasteiger partial charge in [0.2, 0.25) is 0 Å². The number of rotatable bonds is 2. The molecule has 0 aromatic heterocycles. The Hall–Kier alpha value is -0.200. The van der Waals surface area contributed by atoms with Crippen LogP contribution in [0.1, 0.15) is 0 Å². The van der Waals surface area contributed by atoms with E-state index >= 15 is 0 Å². The first-order valence-electron chi connectivity index (χ1n) is 0.805. The summed E-state index contributed by atoms with van der Waals surface area (Å²) in [5.74, 6) is 8.42. The van der Waals surface area contributed by atoms with E-state index in [9.17, 15) is 0 Å². The second-order valence-corrected chi connectivity index (χ2v) is 0.260. The largest absolute Gasteiger partial charge is 0.180 e. The number of hydrogen-bond donors (Lipinski definition) is 2.